The minimum absolute atomic E-state index is 0.192. The first kappa shape index (κ1) is 8.77. The molecule has 12 heavy (non-hydrogen) atoms. The fraction of sp³-hybridized carbons (Fsp3) is 0.500. The fourth-order valence-electron chi connectivity index (χ4n) is 0.935. The quantitative estimate of drug-likeness (QED) is 0.626. The van der Waals surface area contributed by atoms with Crippen molar-refractivity contribution >= 4 is 5.97 Å². The lowest BCUT2D eigenvalue weighted by atomic mass is 10.4. The Kier molecular flexibility index (Phi) is 2.85. The Balaban J connectivity index is 2.43. The molecule has 0 fully saturated rings. The molecule has 1 aromatic rings. The monoisotopic (exact) mass is 168 g/mol. The lowest BCUT2D eigenvalue weighted by molar-refractivity contribution is -0.140. The first-order valence-corrected chi connectivity index (χ1v) is 3.77. The fourth-order valence-corrected chi connectivity index (χ4v) is 0.935. The van der Waals surface area contributed by atoms with Crippen LogP contribution in [0.25, 0.3) is 0 Å². The molecule has 0 atom stereocenters. The molecular formula is C8H12N2O2. The summed E-state index contributed by atoms with van der Waals surface area (Å²) < 4.78 is 6.43. The van der Waals surface area contributed by atoms with Crippen LogP contribution >= 0.6 is 0 Å². The van der Waals surface area contributed by atoms with Crippen LogP contribution in [-0.2, 0) is 16.1 Å². The molecule has 0 saturated heterocycles. The minimum Gasteiger partial charge on any atom is -0.469 e. The summed E-state index contributed by atoms with van der Waals surface area (Å²) in [6.07, 6.45) is 3.86. The van der Waals surface area contributed by atoms with Gasteiger partial charge in [-0.3, -0.25) is 4.79 Å². The molecule has 0 aliphatic rings. The first-order valence-electron chi connectivity index (χ1n) is 3.77. The van der Waals surface area contributed by atoms with E-state index >= 15 is 0 Å². The molecule has 0 saturated carbocycles. The molecule has 0 spiro atoms. The Morgan fingerprint density at radius 3 is 3.00 bits per heavy atom. The molecule has 4 heteroatoms. The Hall–Kier alpha value is -1.32. The first-order chi connectivity index (χ1) is 5.74. The van der Waals surface area contributed by atoms with Crippen molar-refractivity contribution in [1.29, 1.82) is 0 Å². The Labute approximate surface area is 71.2 Å². The number of nitrogens with zero attached hydrogens (tertiary/aromatic N) is 2. The maximum absolute atomic E-state index is 10.8. The second-order valence-corrected chi connectivity index (χ2v) is 2.55. The number of aryl methyl sites for hydroxylation is 2. The molecule has 1 aromatic heterocycles. The Morgan fingerprint density at radius 1 is 1.75 bits per heavy atom. The van der Waals surface area contributed by atoms with E-state index < -0.39 is 0 Å². The van der Waals surface area contributed by atoms with E-state index in [0.717, 1.165) is 5.69 Å². The van der Waals surface area contributed by atoms with Gasteiger partial charge in [0, 0.05) is 18.4 Å². The van der Waals surface area contributed by atoms with Crippen molar-refractivity contribution in [3.05, 3.63) is 18.2 Å². The lowest BCUT2D eigenvalue weighted by Crippen LogP contribution is -2.07. The van der Waals surface area contributed by atoms with Crippen molar-refractivity contribution in [1.82, 2.24) is 9.55 Å². The maximum Gasteiger partial charge on any atom is 0.307 e. The molecule has 0 aromatic carbocycles. The van der Waals surface area contributed by atoms with Gasteiger partial charge in [0.25, 0.3) is 0 Å². The predicted octanol–water partition coefficient (Wildman–Crippen LogP) is 0.755. The lowest BCUT2D eigenvalue weighted by Gasteiger charge is -2.02. The molecule has 0 radical (unpaired) electrons. The zero-order valence-corrected chi connectivity index (χ0v) is 7.28. The maximum atomic E-state index is 10.8. The number of hydrogen-bond donors (Lipinski definition) is 0. The smallest absolute Gasteiger partial charge is 0.307 e. The Morgan fingerprint density at radius 2 is 2.50 bits per heavy atom. The molecule has 1 rings (SSSR count). The number of methoxy groups -OCH3 is 1. The molecule has 0 amide bonds. The molecule has 0 aliphatic heterocycles. The second kappa shape index (κ2) is 3.90. The van der Waals surface area contributed by atoms with Gasteiger partial charge < -0.3 is 9.30 Å². The molecule has 0 N–H and O–H groups in total. The number of carbonyl (C=O) groups is 1. The molecule has 0 aliphatic carbocycles. The van der Waals surface area contributed by atoms with Crippen LogP contribution in [0.15, 0.2) is 12.5 Å². The normalized spacial score (nSPS) is 9.83. The van der Waals surface area contributed by atoms with Crippen LogP contribution in [-0.4, -0.2) is 22.6 Å². The van der Waals surface area contributed by atoms with Crippen LogP contribution in [0.1, 0.15) is 12.1 Å². The highest BCUT2D eigenvalue weighted by molar-refractivity contribution is 5.68. The highest BCUT2D eigenvalue weighted by Gasteiger charge is 2.01. The van der Waals surface area contributed by atoms with Gasteiger partial charge in [-0.15, -0.1) is 0 Å². The van der Waals surface area contributed by atoms with Crippen molar-refractivity contribution in [2.75, 3.05) is 7.11 Å². The van der Waals surface area contributed by atoms with Crippen LogP contribution < -0.4 is 0 Å². The second-order valence-electron chi connectivity index (χ2n) is 2.55. The minimum atomic E-state index is -0.192. The summed E-state index contributed by atoms with van der Waals surface area (Å²) >= 11 is 0. The molecule has 66 valence electrons. The van der Waals surface area contributed by atoms with Gasteiger partial charge >= 0.3 is 5.97 Å². The Bertz CT molecular complexity index is 268. The standard InChI is InChI=1S/C8H12N2O2/c1-7-5-9-6-10(7)4-3-8(11)12-2/h5-6H,3-4H2,1-2H3. The number of carbonyl (C=O) groups excluding carboxylic acids is 1. The summed E-state index contributed by atoms with van der Waals surface area (Å²) in [7, 11) is 1.39. The zero-order valence-electron chi connectivity index (χ0n) is 7.28. The van der Waals surface area contributed by atoms with Crippen molar-refractivity contribution in [3.8, 4) is 0 Å². The van der Waals surface area contributed by atoms with Gasteiger partial charge in [-0.05, 0) is 6.92 Å². The largest absolute Gasteiger partial charge is 0.469 e. The van der Waals surface area contributed by atoms with E-state index in [0.29, 0.717) is 13.0 Å². The van der Waals surface area contributed by atoms with Crippen LogP contribution in [0.4, 0.5) is 0 Å². The van der Waals surface area contributed by atoms with E-state index in [1.807, 2.05) is 11.5 Å². The van der Waals surface area contributed by atoms with Crippen molar-refractivity contribution < 1.29 is 9.53 Å². The number of ether oxygens (including phenoxy) is 1. The summed E-state index contributed by atoms with van der Waals surface area (Å²) in [6.45, 7) is 2.59. The summed E-state index contributed by atoms with van der Waals surface area (Å²) in [4.78, 5) is 14.7. The van der Waals surface area contributed by atoms with E-state index in [9.17, 15) is 4.79 Å². The van der Waals surface area contributed by atoms with E-state index in [1.54, 1.807) is 12.5 Å². The summed E-state index contributed by atoms with van der Waals surface area (Å²) in [5.74, 6) is -0.192. The molecule has 4 nitrogen and oxygen atoms in total. The molecular weight excluding hydrogens is 156 g/mol. The molecule has 1 heterocycles. The average Bonchev–Trinajstić information content (AvgIpc) is 2.47. The number of esters is 1. The predicted molar refractivity (Wildman–Crippen MR) is 43.6 cm³/mol. The van der Waals surface area contributed by atoms with Gasteiger partial charge in [-0.1, -0.05) is 0 Å². The summed E-state index contributed by atoms with van der Waals surface area (Å²) in [5, 5.41) is 0. The number of rotatable bonds is 3. The zero-order chi connectivity index (χ0) is 8.97. The SMILES string of the molecule is COC(=O)CCn1cncc1C. The van der Waals surface area contributed by atoms with Gasteiger partial charge in [0.1, 0.15) is 0 Å². The highest BCUT2D eigenvalue weighted by atomic mass is 16.5. The highest BCUT2D eigenvalue weighted by Crippen LogP contribution is 1.98. The summed E-state index contributed by atoms with van der Waals surface area (Å²) in [6, 6.07) is 0. The van der Waals surface area contributed by atoms with E-state index in [4.69, 9.17) is 0 Å². The van der Waals surface area contributed by atoms with E-state index in [-0.39, 0.29) is 5.97 Å². The van der Waals surface area contributed by atoms with Gasteiger partial charge in [0.05, 0.1) is 19.9 Å². The third-order valence-corrected chi connectivity index (χ3v) is 1.70. The van der Waals surface area contributed by atoms with Crippen LogP contribution in [0.2, 0.25) is 0 Å². The van der Waals surface area contributed by atoms with Crippen LogP contribution in [0.3, 0.4) is 0 Å². The topological polar surface area (TPSA) is 44.1 Å². The van der Waals surface area contributed by atoms with E-state index in [1.165, 1.54) is 7.11 Å². The number of aromatic nitrogens is 2. The summed E-state index contributed by atoms with van der Waals surface area (Å²) in [5.41, 5.74) is 1.05. The van der Waals surface area contributed by atoms with Crippen molar-refractivity contribution in [2.45, 2.75) is 19.9 Å². The number of imidazole rings is 1. The van der Waals surface area contributed by atoms with Gasteiger partial charge in [-0.2, -0.15) is 0 Å². The third kappa shape index (κ3) is 2.08. The molecule has 0 unspecified atom stereocenters. The number of hydrogen-bond acceptors (Lipinski definition) is 3. The molecule has 0 bridgehead atoms. The van der Waals surface area contributed by atoms with Gasteiger partial charge in [0.15, 0.2) is 0 Å². The van der Waals surface area contributed by atoms with Crippen LogP contribution in [0.5, 0.6) is 0 Å². The van der Waals surface area contributed by atoms with Gasteiger partial charge in [-0.25, -0.2) is 4.98 Å². The van der Waals surface area contributed by atoms with Gasteiger partial charge in [0.2, 0.25) is 0 Å². The van der Waals surface area contributed by atoms with Crippen molar-refractivity contribution in [3.63, 3.8) is 0 Å². The third-order valence-electron chi connectivity index (χ3n) is 1.70. The van der Waals surface area contributed by atoms with E-state index in [2.05, 4.69) is 9.72 Å². The average molecular weight is 168 g/mol. The van der Waals surface area contributed by atoms with Crippen molar-refractivity contribution in [2.24, 2.45) is 0 Å². The van der Waals surface area contributed by atoms with Crippen LogP contribution in [0, 0.1) is 6.92 Å².